The van der Waals surface area contributed by atoms with Crippen molar-refractivity contribution in [2.24, 2.45) is 5.73 Å². The summed E-state index contributed by atoms with van der Waals surface area (Å²) in [5.41, 5.74) is 6.28. The van der Waals surface area contributed by atoms with Gasteiger partial charge in [0.2, 0.25) is 0 Å². The van der Waals surface area contributed by atoms with Crippen molar-refractivity contribution in [1.82, 2.24) is 0 Å². The van der Waals surface area contributed by atoms with Crippen LogP contribution in [-0.4, -0.2) is 18.6 Å². The van der Waals surface area contributed by atoms with Crippen LogP contribution >= 0.6 is 0 Å². The molecule has 0 heterocycles. The van der Waals surface area contributed by atoms with E-state index in [1.54, 1.807) is 0 Å². The molecule has 0 amide bonds. The molecule has 3 heteroatoms. The summed E-state index contributed by atoms with van der Waals surface area (Å²) in [7, 11) is 1.38. The van der Waals surface area contributed by atoms with E-state index < -0.39 is 5.54 Å². The summed E-state index contributed by atoms with van der Waals surface area (Å²) in [6.45, 7) is 2.01. The van der Waals surface area contributed by atoms with Gasteiger partial charge in [-0.2, -0.15) is 0 Å². The van der Waals surface area contributed by atoms with Gasteiger partial charge in [0.05, 0.1) is 7.11 Å². The molecule has 0 spiro atoms. The molecule has 0 aliphatic rings. The molecule has 1 rings (SSSR count). The van der Waals surface area contributed by atoms with Crippen LogP contribution in [0.5, 0.6) is 0 Å². The highest BCUT2D eigenvalue weighted by Crippen LogP contribution is 2.18. The van der Waals surface area contributed by atoms with E-state index in [0.717, 1.165) is 12.0 Å². The SMILES string of the molecule is CCCC(N)(Cc1ccccc1)C(=O)OC. The largest absolute Gasteiger partial charge is 0.468 e. The molecule has 0 fully saturated rings. The minimum Gasteiger partial charge on any atom is -0.468 e. The second-order valence-electron chi connectivity index (χ2n) is 4.06. The molecule has 1 aromatic carbocycles. The Morgan fingerprint density at radius 2 is 2.00 bits per heavy atom. The number of rotatable bonds is 5. The summed E-state index contributed by atoms with van der Waals surface area (Å²) in [5, 5.41) is 0. The topological polar surface area (TPSA) is 52.3 Å². The minimum atomic E-state index is -0.898. The van der Waals surface area contributed by atoms with Crippen LogP contribution in [0.1, 0.15) is 25.3 Å². The summed E-state index contributed by atoms with van der Waals surface area (Å²) in [6.07, 6.45) is 2.02. The van der Waals surface area contributed by atoms with Gasteiger partial charge >= 0.3 is 5.97 Å². The Morgan fingerprint density at radius 3 is 2.50 bits per heavy atom. The molecule has 0 aliphatic carbocycles. The number of hydrogen-bond acceptors (Lipinski definition) is 3. The molecule has 1 aromatic rings. The van der Waals surface area contributed by atoms with Gasteiger partial charge in [-0.25, -0.2) is 0 Å². The molecule has 2 N–H and O–H groups in total. The number of carbonyl (C=O) groups excluding carboxylic acids is 1. The molecular formula is C13H19NO2. The van der Waals surface area contributed by atoms with Gasteiger partial charge in [0.15, 0.2) is 0 Å². The molecule has 0 saturated carbocycles. The molecule has 88 valence electrons. The predicted octanol–water partition coefficient (Wildman–Crippen LogP) is 1.90. The Labute approximate surface area is 96.6 Å². The maximum absolute atomic E-state index is 11.7. The second-order valence-corrected chi connectivity index (χ2v) is 4.06. The molecule has 16 heavy (non-hydrogen) atoms. The Morgan fingerprint density at radius 1 is 1.38 bits per heavy atom. The van der Waals surface area contributed by atoms with Crippen molar-refractivity contribution in [2.75, 3.05) is 7.11 Å². The Kier molecular flexibility index (Phi) is 4.50. The van der Waals surface area contributed by atoms with Crippen LogP contribution in [0.2, 0.25) is 0 Å². The van der Waals surface area contributed by atoms with E-state index in [-0.39, 0.29) is 5.97 Å². The molecule has 1 unspecified atom stereocenters. The minimum absolute atomic E-state index is 0.335. The van der Waals surface area contributed by atoms with Crippen LogP contribution in [0.25, 0.3) is 0 Å². The Balaban J connectivity index is 2.83. The van der Waals surface area contributed by atoms with Gasteiger partial charge in [-0.15, -0.1) is 0 Å². The lowest BCUT2D eigenvalue weighted by Crippen LogP contribution is -2.50. The van der Waals surface area contributed by atoms with Gasteiger partial charge in [0, 0.05) is 6.42 Å². The van der Waals surface area contributed by atoms with Crippen molar-refractivity contribution in [3.63, 3.8) is 0 Å². The van der Waals surface area contributed by atoms with Crippen molar-refractivity contribution in [1.29, 1.82) is 0 Å². The van der Waals surface area contributed by atoms with Crippen LogP contribution in [0, 0.1) is 0 Å². The van der Waals surface area contributed by atoms with E-state index in [4.69, 9.17) is 10.5 Å². The van der Waals surface area contributed by atoms with Crippen LogP contribution in [0.3, 0.4) is 0 Å². The molecule has 0 radical (unpaired) electrons. The zero-order valence-corrected chi connectivity index (χ0v) is 9.90. The highest BCUT2D eigenvalue weighted by molar-refractivity contribution is 5.80. The summed E-state index contributed by atoms with van der Waals surface area (Å²) in [5.74, 6) is -0.335. The summed E-state index contributed by atoms with van der Waals surface area (Å²) in [4.78, 5) is 11.7. The zero-order chi connectivity index (χ0) is 12.0. The third-order valence-electron chi connectivity index (χ3n) is 2.65. The molecular weight excluding hydrogens is 202 g/mol. The molecule has 3 nitrogen and oxygen atoms in total. The van der Waals surface area contributed by atoms with Crippen molar-refractivity contribution >= 4 is 5.97 Å². The first-order valence-electron chi connectivity index (χ1n) is 5.53. The molecule has 0 aromatic heterocycles. The van der Waals surface area contributed by atoms with E-state index in [2.05, 4.69) is 0 Å². The van der Waals surface area contributed by atoms with Crippen molar-refractivity contribution in [3.05, 3.63) is 35.9 Å². The average Bonchev–Trinajstić information content (AvgIpc) is 2.29. The predicted molar refractivity (Wildman–Crippen MR) is 64.0 cm³/mol. The quantitative estimate of drug-likeness (QED) is 0.773. The monoisotopic (exact) mass is 221 g/mol. The Bertz CT molecular complexity index is 337. The van der Waals surface area contributed by atoms with Gasteiger partial charge in [0.1, 0.15) is 5.54 Å². The number of nitrogens with two attached hydrogens (primary N) is 1. The highest BCUT2D eigenvalue weighted by Gasteiger charge is 2.34. The lowest BCUT2D eigenvalue weighted by atomic mass is 9.87. The van der Waals surface area contributed by atoms with Crippen LogP contribution in [0.4, 0.5) is 0 Å². The summed E-state index contributed by atoms with van der Waals surface area (Å²) in [6, 6.07) is 9.78. The maximum Gasteiger partial charge on any atom is 0.326 e. The van der Waals surface area contributed by atoms with E-state index >= 15 is 0 Å². The van der Waals surface area contributed by atoms with Gasteiger partial charge in [0.25, 0.3) is 0 Å². The van der Waals surface area contributed by atoms with Crippen molar-refractivity contribution in [3.8, 4) is 0 Å². The van der Waals surface area contributed by atoms with E-state index in [1.807, 2.05) is 37.3 Å². The standard InChI is InChI=1S/C13H19NO2/c1-3-9-13(14,12(15)16-2)10-11-7-5-4-6-8-11/h4-8H,3,9-10,14H2,1-2H3. The average molecular weight is 221 g/mol. The normalized spacial score (nSPS) is 14.2. The smallest absolute Gasteiger partial charge is 0.326 e. The number of benzene rings is 1. The third-order valence-corrected chi connectivity index (χ3v) is 2.65. The van der Waals surface area contributed by atoms with Crippen LogP contribution in [0.15, 0.2) is 30.3 Å². The fourth-order valence-electron chi connectivity index (χ4n) is 1.87. The first-order valence-corrected chi connectivity index (χ1v) is 5.53. The van der Waals surface area contributed by atoms with Crippen LogP contribution < -0.4 is 5.73 Å². The van der Waals surface area contributed by atoms with E-state index in [9.17, 15) is 4.79 Å². The zero-order valence-electron chi connectivity index (χ0n) is 9.90. The first kappa shape index (κ1) is 12.7. The van der Waals surface area contributed by atoms with E-state index in [0.29, 0.717) is 12.8 Å². The van der Waals surface area contributed by atoms with Crippen molar-refractivity contribution < 1.29 is 9.53 Å². The number of carbonyl (C=O) groups is 1. The van der Waals surface area contributed by atoms with Gasteiger partial charge in [-0.3, -0.25) is 4.79 Å². The molecule has 0 aliphatic heterocycles. The van der Waals surface area contributed by atoms with Gasteiger partial charge < -0.3 is 10.5 Å². The molecule has 0 saturated heterocycles. The van der Waals surface area contributed by atoms with E-state index in [1.165, 1.54) is 7.11 Å². The number of methoxy groups -OCH3 is 1. The summed E-state index contributed by atoms with van der Waals surface area (Å²) >= 11 is 0. The number of ether oxygens (including phenoxy) is 1. The third kappa shape index (κ3) is 3.07. The first-order chi connectivity index (χ1) is 7.62. The molecule has 0 bridgehead atoms. The van der Waals surface area contributed by atoms with Crippen molar-refractivity contribution in [2.45, 2.75) is 31.7 Å². The van der Waals surface area contributed by atoms with Gasteiger partial charge in [-0.05, 0) is 12.0 Å². The van der Waals surface area contributed by atoms with Crippen LogP contribution in [-0.2, 0) is 16.0 Å². The van der Waals surface area contributed by atoms with Gasteiger partial charge in [-0.1, -0.05) is 43.7 Å². The highest BCUT2D eigenvalue weighted by atomic mass is 16.5. The summed E-state index contributed by atoms with van der Waals surface area (Å²) < 4.78 is 4.78. The number of esters is 1. The lowest BCUT2D eigenvalue weighted by molar-refractivity contribution is -0.147. The fourth-order valence-corrected chi connectivity index (χ4v) is 1.87. The maximum atomic E-state index is 11.7. The lowest BCUT2D eigenvalue weighted by Gasteiger charge is -2.26. The fraction of sp³-hybridized carbons (Fsp3) is 0.462. The Hall–Kier alpha value is -1.35. The molecule has 1 atom stereocenters. The second kappa shape index (κ2) is 5.66. The number of hydrogen-bond donors (Lipinski definition) is 1.